The highest BCUT2D eigenvalue weighted by Gasteiger charge is 2.34. The van der Waals surface area contributed by atoms with Crippen molar-refractivity contribution in [2.24, 2.45) is 0 Å². The molecule has 0 spiro atoms. The van der Waals surface area contributed by atoms with Gasteiger partial charge in [-0.2, -0.15) is 8.61 Å². The Bertz CT molecular complexity index is 1040. The highest BCUT2D eigenvalue weighted by atomic mass is 32.2. The molecule has 0 saturated carbocycles. The van der Waals surface area contributed by atoms with Crippen molar-refractivity contribution in [3.8, 4) is 0 Å². The number of halogens is 1. The van der Waals surface area contributed by atoms with E-state index in [1.54, 1.807) is 31.2 Å². The fourth-order valence-corrected chi connectivity index (χ4v) is 6.08. The summed E-state index contributed by atoms with van der Waals surface area (Å²) >= 11 is 0. The zero-order valence-corrected chi connectivity index (χ0v) is 16.7. The fraction of sp³-hybridized carbons (Fsp3) is 0.333. The van der Waals surface area contributed by atoms with Crippen LogP contribution >= 0.6 is 0 Å². The Hall–Kier alpha value is -1.81. The minimum Gasteiger partial charge on any atom is -0.207 e. The molecule has 0 amide bonds. The molecule has 1 aliphatic rings. The van der Waals surface area contributed by atoms with Gasteiger partial charge in [0.05, 0.1) is 9.79 Å². The Morgan fingerprint density at radius 3 is 1.85 bits per heavy atom. The molecule has 0 unspecified atom stereocenters. The van der Waals surface area contributed by atoms with Crippen LogP contribution in [0.4, 0.5) is 4.39 Å². The minimum atomic E-state index is -3.88. The number of aryl methyl sites for hydroxylation is 2. The molecular weight excluding hydrogens is 391 g/mol. The van der Waals surface area contributed by atoms with Crippen LogP contribution in [0.15, 0.2) is 52.3 Å². The van der Waals surface area contributed by atoms with E-state index < -0.39 is 25.9 Å². The van der Waals surface area contributed by atoms with Crippen molar-refractivity contribution < 1.29 is 21.2 Å². The molecule has 1 aliphatic heterocycles. The summed E-state index contributed by atoms with van der Waals surface area (Å²) in [6.45, 7) is 3.60. The third-order valence-electron chi connectivity index (χ3n) is 4.62. The first-order valence-corrected chi connectivity index (χ1v) is 11.3. The fourth-order valence-electron chi connectivity index (χ4n) is 3.00. The van der Waals surface area contributed by atoms with Crippen LogP contribution in [0, 0.1) is 19.7 Å². The van der Waals surface area contributed by atoms with E-state index in [0.29, 0.717) is 5.56 Å². The van der Waals surface area contributed by atoms with E-state index in [1.165, 1.54) is 20.7 Å². The molecule has 146 valence electrons. The maximum Gasteiger partial charge on any atom is 0.243 e. The van der Waals surface area contributed by atoms with Gasteiger partial charge >= 0.3 is 0 Å². The predicted octanol–water partition coefficient (Wildman–Crippen LogP) is 2.14. The summed E-state index contributed by atoms with van der Waals surface area (Å²) in [7, 11) is -7.56. The normalized spacial score (nSPS) is 17.1. The minimum absolute atomic E-state index is 0.0172. The lowest BCUT2D eigenvalue weighted by atomic mass is 10.2. The average Bonchev–Trinajstić information content (AvgIpc) is 2.64. The maximum atomic E-state index is 13.5. The Morgan fingerprint density at radius 1 is 0.778 bits per heavy atom. The second kappa shape index (κ2) is 7.31. The van der Waals surface area contributed by atoms with Crippen molar-refractivity contribution in [3.63, 3.8) is 0 Å². The summed E-state index contributed by atoms with van der Waals surface area (Å²) in [5, 5.41) is 0. The van der Waals surface area contributed by atoms with E-state index >= 15 is 0 Å². The van der Waals surface area contributed by atoms with Gasteiger partial charge in [-0.1, -0.05) is 23.8 Å². The quantitative estimate of drug-likeness (QED) is 0.771. The van der Waals surface area contributed by atoms with Crippen LogP contribution in [-0.4, -0.2) is 51.6 Å². The van der Waals surface area contributed by atoms with E-state index in [-0.39, 0.29) is 36.0 Å². The zero-order valence-electron chi connectivity index (χ0n) is 15.1. The zero-order chi connectivity index (χ0) is 19.8. The molecule has 27 heavy (non-hydrogen) atoms. The summed E-state index contributed by atoms with van der Waals surface area (Å²) in [5.41, 5.74) is 1.40. The van der Waals surface area contributed by atoms with Gasteiger partial charge in [0.15, 0.2) is 0 Å². The number of nitrogens with zero attached hydrogens (tertiary/aromatic N) is 2. The molecule has 0 atom stereocenters. The van der Waals surface area contributed by atoms with Crippen molar-refractivity contribution in [1.29, 1.82) is 0 Å². The van der Waals surface area contributed by atoms with Gasteiger partial charge in [-0.25, -0.2) is 21.2 Å². The Kier molecular flexibility index (Phi) is 5.40. The van der Waals surface area contributed by atoms with Gasteiger partial charge in [-0.05, 0) is 43.7 Å². The monoisotopic (exact) mass is 412 g/mol. The van der Waals surface area contributed by atoms with Crippen molar-refractivity contribution in [1.82, 2.24) is 8.61 Å². The van der Waals surface area contributed by atoms with Crippen LogP contribution in [0.5, 0.6) is 0 Å². The molecule has 1 heterocycles. The average molecular weight is 413 g/mol. The van der Waals surface area contributed by atoms with Crippen LogP contribution < -0.4 is 0 Å². The van der Waals surface area contributed by atoms with Crippen molar-refractivity contribution >= 4 is 20.0 Å². The molecule has 1 fully saturated rings. The van der Waals surface area contributed by atoms with Crippen LogP contribution in [0.25, 0.3) is 0 Å². The summed E-state index contributed by atoms with van der Waals surface area (Å²) < 4.78 is 67.1. The molecule has 2 aromatic carbocycles. The van der Waals surface area contributed by atoms with Gasteiger partial charge in [0, 0.05) is 26.2 Å². The highest BCUT2D eigenvalue weighted by Crippen LogP contribution is 2.24. The third-order valence-corrected chi connectivity index (χ3v) is 8.58. The third kappa shape index (κ3) is 3.91. The lowest BCUT2D eigenvalue weighted by Gasteiger charge is -2.33. The Labute approximate surface area is 159 Å². The Balaban J connectivity index is 1.78. The molecular formula is C18H21FN2O4S2. The number of piperazine rings is 1. The number of sulfonamides is 2. The van der Waals surface area contributed by atoms with Crippen LogP contribution in [0.3, 0.4) is 0 Å². The number of benzene rings is 2. The first-order chi connectivity index (χ1) is 12.6. The molecule has 1 saturated heterocycles. The summed E-state index contributed by atoms with van der Waals surface area (Å²) in [5.74, 6) is -0.625. The molecule has 9 heteroatoms. The predicted molar refractivity (Wildman–Crippen MR) is 99.8 cm³/mol. The van der Waals surface area contributed by atoms with Gasteiger partial charge in [-0.3, -0.25) is 0 Å². The lowest BCUT2D eigenvalue weighted by Crippen LogP contribution is -2.50. The second-order valence-corrected chi connectivity index (χ2v) is 10.4. The van der Waals surface area contributed by atoms with Crippen LogP contribution in [0.1, 0.15) is 11.1 Å². The smallest absolute Gasteiger partial charge is 0.207 e. The van der Waals surface area contributed by atoms with Gasteiger partial charge in [-0.15, -0.1) is 0 Å². The lowest BCUT2D eigenvalue weighted by molar-refractivity contribution is 0.272. The van der Waals surface area contributed by atoms with Gasteiger partial charge in [0.25, 0.3) is 0 Å². The topological polar surface area (TPSA) is 74.8 Å². The summed E-state index contributed by atoms with van der Waals surface area (Å²) in [4.78, 5) is 0.0997. The molecule has 0 N–H and O–H groups in total. The standard InChI is InChI=1S/C18H21FN2O4S2/c1-14-3-7-17(8-4-14)26(22,23)20-9-11-21(12-10-20)27(24,25)18-13-16(19)6-5-15(18)2/h3-8,13H,9-12H2,1-2H3. The summed E-state index contributed by atoms with van der Waals surface area (Å²) in [6, 6.07) is 10.2. The highest BCUT2D eigenvalue weighted by molar-refractivity contribution is 7.89. The first-order valence-electron chi connectivity index (χ1n) is 8.45. The summed E-state index contributed by atoms with van der Waals surface area (Å²) in [6.07, 6.45) is 0. The van der Waals surface area contributed by atoms with Crippen LogP contribution in [0.2, 0.25) is 0 Å². The number of rotatable bonds is 4. The molecule has 0 aromatic heterocycles. The molecule has 2 aromatic rings. The van der Waals surface area contributed by atoms with E-state index in [0.717, 1.165) is 11.6 Å². The second-order valence-electron chi connectivity index (χ2n) is 6.53. The first kappa shape index (κ1) is 19.9. The van der Waals surface area contributed by atoms with Gasteiger partial charge in [0.1, 0.15) is 5.82 Å². The van der Waals surface area contributed by atoms with E-state index in [2.05, 4.69) is 0 Å². The number of hydrogen-bond acceptors (Lipinski definition) is 4. The van der Waals surface area contributed by atoms with Crippen LogP contribution in [-0.2, 0) is 20.0 Å². The van der Waals surface area contributed by atoms with Gasteiger partial charge in [0.2, 0.25) is 20.0 Å². The van der Waals surface area contributed by atoms with E-state index in [9.17, 15) is 21.2 Å². The van der Waals surface area contributed by atoms with Crippen molar-refractivity contribution in [3.05, 3.63) is 59.4 Å². The van der Waals surface area contributed by atoms with E-state index in [4.69, 9.17) is 0 Å². The molecule has 0 aliphatic carbocycles. The molecule has 0 bridgehead atoms. The largest absolute Gasteiger partial charge is 0.243 e. The SMILES string of the molecule is Cc1ccc(S(=O)(=O)N2CCN(S(=O)(=O)c3cc(F)ccc3C)CC2)cc1. The van der Waals surface area contributed by atoms with Gasteiger partial charge < -0.3 is 0 Å². The maximum absolute atomic E-state index is 13.5. The molecule has 3 rings (SSSR count). The molecule has 6 nitrogen and oxygen atoms in total. The molecule has 0 radical (unpaired) electrons. The Morgan fingerprint density at radius 2 is 1.30 bits per heavy atom. The van der Waals surface area contributed by atoms with Crippen molar-refractivity contribution in [2.75, 3.05) is 26.2 Å². The van der Waals surface area contributed by atoms with E-state index in [1.807, 2.05) is 6.92 Å². The van der Waals surface area contributed by atoms with Crippen molar-refractivity contribution in [2.45, 2.75) is 23.6 Å². The number of hydrogen-bond donors (Lipinski definition) is 0.